The highest BCUT2D eigenvalue weighted by Crippen LogP contribution is 2.31. The average molecular weight is 587 g/mol. The molecule has 3 aromatic heterocycles. The predicted octanol–water partition coefficient (Wildman–Crippen LogP) is 2.79. The number of nitrogen functional groups attached to an aromatic ring is 1. The van der Waals surface area contributed by atoms with Gasteiger partial charge in [-0.15, -0.1) is 0 Å². The Hall–Kier alpha value is -3.78. The number of piperazine rings is 1. The number of ether oxygens (including phenoxy) is 1. The van der Waals surface area contributed by atoms with E-state index in [1.165, 1.54) is 10.6 Å². The molecule has 4 aromatic rings. The second kappa shape index (κ2) is 11.6. The van der Waals surface area contributed by atoms with Crippen molar-refractivity contribution in [3.8, 4) is 17.2 Å². The van der Waals surface area contributed by atoms with Gasteiger partial charge in [0.25, 0.3) is 0 Å². The van der Waals surface area contributed by atoms with Crippen LogP contribution in [0.25, 0.3) is 17.1 Å². The highest BCUT2D eigenvalue weighted by atomic mass is 32.2. The predicted molar refractivity (Wildman–Crippen MR) is 153 cm³/mol. The average Bonchev–Trinajstić information content (AvgIpc) is 3.65. The minimum absolute atomic E-state index is 0.0499. The van der Waals surface area contributed by atoms with Gasteiger partial charge in [0.2, 0.25) is 11.9 Å². The quantitative estimate of drug-likeness (QED) is 0.330. The summed E-state index contributed by atoms with van der Waals surface area (Å²) in [6.07, 6.45) is 2.58. The van der Waals surface area contributed by atoms with Crippen molar-refractivity contribution in [1.82, 2.24) is 24.5 Å². The molecule has 14 heteroatoms. The molecule has 41 heavy (non-hydrogen) atoms. The Labute approximate surface area is 238 Å². The fourth-order valence-electron chi connectivity index (χ4n) is 5.14. The highest BCUT2D eigenvalue weighted by Gasteiger charge is 2.25. The SMILES string of the molecule is CN(CCN1CCN(c2cc(OC3CCS(=O)CC3)c(F)cc2F)CC1)c1nc(N)n2nc(-c3ccco3)cc2n1. The van der Waals surface area contributed by atoms with Gasteiger partial charge in [-0.3, -0.25) is 9.11 Å². The van der Waals surface area contributed by atoms with Crippen molar-refractivity contribution in [3.63, 3.8) is 0 Å². The van der Waals surface area contributed by atoms with E-state index in [0.717, 1.165) is 12.6 Å². The number of furan rings is 1. The summed E-state index contributed by atoms with van der Waals surface area (Å²) < 4.78 is 53.7. The number of hydrogen-bond acceptors (Lipinski definition) is 10. The van der Waals surface area contributed by atoms with Crippen LogP contribution in [0.1, 0.15) is 12.8 Å². The molecule has 2 saturated heterocycles. The Bertz CT molecular complexity index is 1530. The minimum Gasteiger partial charge on any atom is -0.487 e. The largest absolute Gasteiger partial charge is 0.487 e. The molecule has 0 unspecified atom stereocenters. The van der Waals surface area contributed by atoms with Gasteiger partial charge in [-0.05, 0) is 25.0 Å². The number of nitrogens with two attached hydrogens (primary N) is 1. The molecule has 0 spiro atoms. The summed E-state index contributed by atoms with van der Waals surface area (Å²) in [4.78, 5) is 15.2. The van der Waals surface area contributed by atoms with Crippen LogP contribution < -0.4 is 20.3 Å². The van der Waals surface area contributed by atoms with Gasteiger partial charge in [0.1, 0.15) is 17.6 Å². The van der Waals surface area contributed by atoms with Crippen molar-refractivity contribution >= 4 is 34.0 Å². The molecular formula is C27H32F2N8O3S. The van der Waals surface area contributed by atoms with Gasteiger partial charge < -0.3 is 24.7 Å². The third-order valence-electron chi connectivity index (χ3n) is 7.55. The van der Waals surface area contributed by atoms with Gasteiger partial charge in [-0.2, -0.15) is 19.6 Å². The van der Waals surface area contributed by atoms with E-state index >= 15 is 0 Å². The molecule has 6 rings (SSSR count). The first kappa shape index (κ1) is 27.4. The van der Waals surface area contributed by atoms with E-state index in [4.69, 9.17) is 14.9 Å². The minimum atomic E-state index is -0.836. The first-order valence-corrected chi connectivity index (χ1v) is 15.1. The lowest BCUT2D eigenvalue weighted by molar-refractivity contribution is 0.182. The molecule has 0 aliphatic carbocycles. The number of likely N-dealkylation sites (N-methyl/N-ethyl adjacent to an activating group) is 1. The number of aromatic nitrogens is 4. The van der Waals surface area contributed by atoms with Gasteiger partial charge in [0.15, 0.2) is 23.0 Å². The van der Waals surface area contributed by atoms with Gasteiger partial charge in [-0.1, -0.05) is 0 Å². The Morgan fingerprint density at radius 2 is 1.90 bits per heavy atom. The zero-order valence-corrected chi connectivity index (χ0v) is 23.5. The summed E-state index contributed by atoms with van der Waals surface area (Å²) >= 11 is 0. The normalized spacial score (nSPS) is 20.0. The topological polar surface area (TPSA) is 118 Å². The Balaban J connectivity index is 1.05. The number of nitrogens with zero attached hydrogens (tertiary/aromatic N) is 7. The Kier molecular flexibility index (Phi) is 7.75. The summed E-state index contributed by atoms with van der Waals surface area (Å²) in [6.45, 7) is 4.02. The van der Waals surface area contributed by atoms with Crippen LogP contribution in [0, 0.1) is 11.6 Å². The summed E-state index contributed by atoms with van der Waals surface area (Å²) in [5.74, 6) is 1.16. The fourth-order valence-corrected chi connectivity index (χ4v) is 6.39. The first-order chi connectivity index (χ1) is 19.8. The Morgan fingerprint density at radius 3 is 2.63 bits per heavy atom. The van der Waals surface area contributed by atoms with Gasteiger partial charge in [0.05, 0.1) is 12.0 Å². The molecule has 0 saturated carbocycles. The number of benzene rings is 1. The fraction of sp³-hybridized carbons (Fsp3) is 0.444. The van der Waals surface area contributed by atoms with Crippen LogP contribution >= 0.6 is 0 Å². The Morgan fingerprint density at radius 1 is 1.12 bits per heavy atom. The third-order valence-corrected chi connectivity index (χ3v) is 8.93. The second-order valence-electron chi connectivity index (χ2n) is 10.3. The van der Waals surface area contributed by atoms with Crippen LogP contribution in [0.2, 0.25) is 0 Å². The zero-order chi connectivity index (χ0) is 28.5. The number of anilines is 3. The van der Waals surface area contributed by atoms with E-state index in [1.54, 1.807) is 18.4 Å². The molecule has 0 atom stereocenters. The first-order valence-electron chi connectivity index (χ1n) is 13.6. The summed E-state index contributed by atoms with van der Waals surface area (Å²) in [5.41, 5.74) is 7.69. The molecule has 2 aliphatic rings. The number of rotatable bonds is 8. The van der Waals surface area contributed by atoms with Crippen LogP contribution in [0.15, 0.2) is 41.0 Å². The number of hydrogen-bond donors (Lipinski definition) is 1. The lowest BCUT2D eigenvalue weighted by Gasteiger charge is -2.37. The molecule has 1 aromatic carbocycles. The summed E-state index contributed by atoms with van der Waals surface area (Å²) in [6, 6.07) is 7.77. The highest BCUT2D eigenvalue weighted by molar-refractivity contribution is 7.85. The molecule has 218 valence electrons. The maximum absolute atomic E-state index is 14.8. The monoisotopic (exact) mass is 586 g/mol. The van der Waals surface area contributed by atoms with E-state index < -0.39 is 22.4 Å². The van der Waals surface area contributed by atoms with E-state index in [1.807, 2.05) is 22.9 Å². The molecule has 0 amide bonds. The third kappa shape index (κ3) is 5.98. The lowest BCUT2D eigenvalue weighted by Crippen LogP contribution is -2.48. The summed E-state index contributed by atoms with van der Waals surface area (Å²) in [5, 5.41) is 4.43. The van der Waals surface area contributed by atoms with E-state index in [2.05, 4.69) is 20.0 Å². The van der Waals surface area contributed by atoms with Crippen molar-refractivity contribution in [2.24, 2.45) is 0 Å². The van der Waals surface area contributed by atoms with Crippen LogP contribution in [0.4, 0.5) is 26.4 Å². The molecule has 2 aliphatic heterocycles. The van der Waals surface area contributed by atoms with Gasteiger partial charge >= 0.3 is 0 Å². The molecule has 2 fully saturated rings. The number of fused-ring (bicyclic) bond motifs is 1. The van der Waals surface area contributed by atoms with Crippen LogP contribution in [0.3, 0.4) is 0 Å². The maximum Gasteiger partial charge on any atom is 0.230 e. The van der Waals surface area contributed by atoms with Crippen molar-refractivity contribution in [2.75, 3.05) is 73.4 Å². The molecular weight excluding hydrogens is 554 g/mol. The second-order valence-corrected chi connectivity index (χ2v) is 12.0. The molecule has 5 heterocycles. The standard InChI is InChI=1S/C27H32F2N8O3S/c1-34(27-31-25-16-21(23-3-2-12-39-23)33-37(25)26(30)32-27)6-7-35-8-10-36(11-9-35)22-17-24(20(29)15-19(22)28)40-18-4-13-41(38)14-5-18/h2-3,12,15-18H,4-11,13-14H2,1H3,(H2,30,31,32). The van der Waals surface area contributed by atoms with Crippen LogP contribution in [-0.2, 0) is 10.8 Å². The van der Waals surface area contributed by atoms with E-state index in [-0.39, 0.29) is 17.8 Å². The van der Waals surface area contributed by atoms with Crippen LogP contribution in [0.5, 0.6) is 5.75 Å². The van der Waals surface area contributed by atoms with Gasteiger partial charge in [0, 0.05) is 86.8 Å². The van der Waals surface area contributed by atoms with Crippen molar-refractivity contribution < 1.29 is 22.1 Å². The van der Waals surface area contributed by atoms with E-state index in [0.29, 0.717) is 85.8 Å². The zero-order valence-electron chi connectivity index (χ0n) is 22.7. The van der Waals surface area contributed by atoms with Crippen molar-refractivity contribution in [3.05, 3.63) is 48.2 Å². The maximum atomic E-state index is 14.8. The lowest BCUT2D eigenvalue weighted by atomic mass is 10.2. The van der Waals surface area contributed by atoms with Crippen molar-refractivity contribution in [2.45, 2.75) is 18.9 Å². The van der Waals surface area contributed by atoms with Crippen LogP contribution in [-0.4, -0.2) is 92.6 Å². The summed E-state index contributed by atoms with van der Waals surface area (Å²) in [7, 11) is 1.07. The van der Waals surface area contributed by atoms with Crippen molar-refractivity contribution in [1.29, 1.82) is 0 Å². The van der Waals surface area contributed by atoms with Gasteiger partial charge in [-0.25, -0.2) is 8.78 Å². The molecule has 0 bridgehead atoms. The molecule has 11 nitrogen and oxygen atoms in total. The molecule has 2 N–H and O–H groups in total. The number of halogens is 2. The smallest absolute Gasteiger partial charge is 0.230 e. The van der Waals surface area contributed by atoms with E-state index in [9.17, 15) is 13.0 Å². The molecule has 0 radical (unpaired) electrons.